The van der Waals surface area contributed by atoms with E-state index in [1.807, 2.05) is 0 Å². The predicted octanol–water partition coefficient (Wildman–Crippen LogP) is 2.46. The maximum Gasteiger partial charge on any atom is 0.154 e. The van der Waals surface area contributed by atoms with Gasteiger partial charge in [0.05, 0.1) is 18.8 Å². The van der Waals surface area contributed by atoms with Crippen molar-refractivity contribution in [1.82, 2.24) is 0 Å². The molecule has 1 aromatic carbocycles. The zero-order chi connectivity index (χ0) is 11.8. The second-order valence-electron chi connectivity index (χ2n) is 4.68. The van der Waals surface area contributed by atoms with E-state index in [1.54, 1.807) is 0 Å². The summed E-state index contributed by atoms with van der Waals surface area (Å²) >= 11 is 0. The van der Waals surface area contributed by atoms with Crippen LogP contribution >= 0.6 is 0 Å². The van der Waals surface area contributed by atoms with E-state index < -0.39 is 0 Å². The monoisotopic (exact) mass is 232 g/mol. The Morgan fingerprint density at radius 1 is 1.00 bits per heavy atom. The number of hydrogen-bond acceptors (Lipinski definition) is 3. The van der Waals surface area contributed by atoms with Gasteiger partial charge in [-0.15, -0.1) is 0 Å². The number of carbonyl (C=O) groups is 1. The van der Waals surface area contributed by atoms with Gasteiger partial charge in [0, 0.05) is 11.1 Å². The van der Waals surface area contributed by atoms with Crippen LogP contribution in [0.25, 0.3) is 0 Å². The van der Waals surface area contributed by atoms with Gasteiger partial charge in [0.1, 0.15) is 11.5 Å². The lowest BCUT2D eigenvalue weighted by Gasteiger charge is -2.28. The van der Waals surface area contributed by atoms with Crippen molar-refractivity contribution in [1.29, 1.82) is 0 Å². The Morgan fingerprint density at radius 2 is 1.65 bits per heavy atom. The van der Waals surface area contributed by atoms with Crippen LogP contribution in [0.4, 0.5) is 0 Å². The van der Waals surface area contributed by atoms with E-state index in [9.17, 15) is 4.79 Å². The summed E-state index contributed by atoms with van der Waals surface area (Å²) in [4.78, 5) is 11.3. The van der Waals surface area contributed by atoms with Crippen LogP contribution in [-0.2, 0) is 12.8 Å². The highest BCUT2D eigenvalue weighted by molar-refractivity contribution is 5.85. The fourth-order valence-corrected chi connectivity index (χ4v) is 2.84. The molecule has 0 saturated carbocycles. The van der Waals surface area contributed by atoms with Crippen molar-refractivity contribution in [2.75, 3.05) is 13.2 Å². The van der Waals surface area contributed by atoms with Gasteiger partial charge in [-0.3, -0.25) is 4.79 Å². The summed E-state index contributed by atoms with van der Waals surface area (Å²) in [5, 5.41) is 0. The molecule has 0 unspecified atom stereocenters. The molecule has 2 aliphatic heterocycles. The van der Waals surface area contributed by atoms with E-state index in [2.05, 4.69) is 6.92 Å². The Hall–Kier alpha value is -1.51. The van der Waals surface area contributed by atoms with Crippen molar-refractivity contribution in [3.05, 3.63) is 22.3 Å². The summed E-state index contributed by atoms with van der Waals surface area (Å²) in [5.74, 6) is 1.75. The summed E-state index contributed by atoms with van der Waals surface area (Å²) in [6.45, 7) is 3.55. The van der Waals surface area contributed by atoms with Crippen molar-refractivity contribution < 1.29 is 14.3 Å². The minimum atomic E-state index is 0.715. The fraction of sp³-hybridized carbons (Fsp3) is 0.500. The molecule has 0 aromatic heterocycles. The van der Waals surface area contributed by atoms with Crippen molar-refractivity contribution >= 4 is 6.29 Å². The van der Waals surface area contributed by atoms with Gasteiger partial charge in [-0.1, -0.05) is 0 Å². The Labute approximate surface area is 101 Å². The Morgan fingerprint density at radius 3 is 2.35 bits per heavy atom. The first-order valence-corrected chi connectivity index (χ1v) is 6.22. The van der Waals surface area contributed by atoms with Gasteiger partial charge in [0.2, 0.25) is 0 Å². The SMILES string of the molecule is Cc1c2c(c(C=O)c3c1OCCC3)OCCC2. The summed E-state index contributed by atoms with van der Waals surface area (Å²) in [5.41, 5.74) is 4.10. The molecule has 3 rings (SSSR count). The van der Waals surface area contributed by atoms with Crippen molar-refractivity contribution in [2.45, 2.75) is 32.6 Å². The van der Waals surface area contributed by atoms with E-state index in [4.69, 9.17) is 9.47 Å². The summed E-state index contributed by atoms with van der Waals surface area (Å²) in [7, 11) is 0. The highest BCUT2D eigenvalue weighted by atomic mass is 16.5. The van der Waals surface area contributed by atoms with Crippen LogP contribution in [0.2, 0.25) is 0 Å². The van der Waals surface area contributed by atoms with Crippen LogP contribution < -0.4 is 9.47 Å². The average molecular weight is 232 g/mol. The molecule has 0 spiro atoms. The number of rotatable bonds is 1. The van der Waals surface area contributed by atoms with E-state index >= 15 is 0 Å². The minimum Gasteiger partial charge on any atom is -0.493 e. The van der Waals surface area contributed by atoms with E-state index in [0.29, 0.717) is 6.61 Å². The molecule has 0 atom stereocenters. The largest absolute Gasteiger partial charge is 0.493 e. The van der Waals surface area contributed by atoms with Crippen molar-refractivity contribution in [2.24, 2.45) is 0 Å². The van der Waals surface area contributed by atoms with Gasteiger partial charge in [0.15, 0.2) is 6.29 Å². The first-order chi connectivity index (χ1) is 8.33. The van der Waals surface area contributed by atoms with Crippen LogP contribution in [0.1, 0.15) is 39.9 Å². The van der Waals surface area contributed by atoms with Crippen molar-refractivity contribution in [3.8, 4) is 11.5 Å². The number of aldehydes is 1. The number of benzene rings is 1. The highest BCUT2D eigenvalue weighted by Gasteiger charge is 2.26. The van der Waals surface area contributed by atoms with Crippen LogP contribution in [0.15, 0.2) is 0 Å². The van der Waals surface area contributed by atoms with Crippen LogP contribution in [0, 0.1) is 6.92 Å². The number of hydrogen-bond donors (Lipinski definition) is 0. The number of fused-ring (bicyclic) bond motifs is 2. The summed E-state index contributed by atoms with van der Waals surface area (Å²) in [6, 6.07) is 0. The first-order valence-electron chi connectivity index (χ1n) is 6.22. The van der Waals surface area contributed by atoms with E-state index in [0.717, 1.165) is 61.2 Å². The van der Waals surface area contributed by atoms with E-state index in [1.165, 1.54) is 11.1 Å². The lowest BCUT2D eigenvalue weighted by molar-refractivity contribution is 0.111. The lowest BCUT2D eigenvalue weighted by Crippen LogP contribution is -2.18. The van der Waals surface area contributed by atoms with Crippen LogP contribution in [0.5, 0.6) is 11.5 Å². The lowest BCUT2D eigenvalue weighted by atomic mass is 9.90. The molecule has 0 fully saturated rings. The topological polar surface area (TPSA) is 35.5 Å². The molecule has 2 aliphatic rings. The normalized spacial score (nSPS) is 17.5. The zero-order valence-corrected chi connectivity index (χ0v) is 10.0. The van der Waals surface area contributed by atoms with Gasteiger partial charge in [-0.2, -0.15) is 0 Å². The number of carbonyl (C=O) groups excluding carboxylic acids is 1. The molecule has 3 heteroatoms. The zero-order valence-electron chi connectivity index (χ0n) is 10.0. The van der Waals surface area contributed by atoms with Gasteiger partial charge in [-0.25, -0.2) is 0 Å². The van der Waals surface area contributed by atoms with Crippen molar-refractivity contribution in [3.63, 3.8) is 0 Å². The molecule has 2 heterocycles. The Bertz CT molecular complexity index is 440. The summed E-state index contributed by atoms with van der Waals surface area (Å²) < 4.78 is 11.5. The van der Waals surface area contributed by atoms with E-state index in [-0.39, 0.29) is 0 Å². The molecule has 3 nitrogen and oxygen atoms in total. The van der Waals surface area contributed by atoms with Gasteiger partial charge < -0.3 is 9.47 Å². The maximum absolute atomic E-state index is 11.3. The van der Waals surface area contributed by atoms with Gasteiger partial charge >= 0.3 is 0 Å². The molecule has 0 aliphatic carbocycles. The highest BCUT2D eigenvalue weighted by Crippen LogP contribution is 2.42. The van der Waals surface area contributed by atoms with Crippen LogP contribution in [-0.4, -0.2) is 19.5 Å². The second-order valence-corrected chi connectivity index (χ2v) is 4.68. The summed E-state index contributed by atoms with van der Waals surface area (Å²) in [6.07, 6.45) is 4.83. The molecule has 0 radical (unpaired) electrons. The maximum atomic E-state index is 11.3. The standard InChI is InChI=1S/C14H16O3/c1-9-10-4-2-7-17-14(10)12(8-15)11-5-3-6-16-13(9)11/h8H,2-7H2,1H3. The molecule has 0 saturated heterocycles. The third-order valence-electron chi connectivity index (χ3n) is 3.66. The second kappa shape index (κ2) is 4.06. The first kappa shape index (κ1) is 10.6. The molecule has 0 bridgehead atoms. The Kier molecular flexibility index (Phi) is 2.54. The quantitative estimate of drug-likeness (QED) is 0.698. The molecular weight excluding hydrogens is 216 g/mol. The molecule has 0 amide bonds. The fourth-order valence-electron chi connectivity index (χ4n) is 2.84. The molecule has 0 N–H and O–H groups in total. The Balaban J connectivity index is 2.28. The van der Waals surface area contributed by atoms with Gasteiger partial charge in [0.25, 0.3) is 0 Å². The average Bonchev–Trinajstić information content (AvgIpc) is 2.40. The molecule has 17 heavy (non-hydrogen) atoms. The van der Waals surface area contributed by atoms with Crippen LogP contribution in [0.3, 0.4) is 0 Å². The third-order valence-corrected chi connectivity index (χ3v) is 3.66. The molecule has 1 aromatic rings. The molecule has 90 valence electrons. The molecular formula is C14H16O3. The minimum absolute atomic E-state index is 0.715. The number of ether oxygens (including phenoxy) is 2. The predicted molar refractivity (Wildman–Crippen MR) is 64.2 cm³/mol. The smallest absolute Gasteiger partial charge is 0.154 e. The third kappa shape index (κ3) is 1.53. The van der Waals surface area contributed by atoms with Gasteiger partial charge in [-0.05, 0) is 38.2 Å².